The first-order valence-electron chi connectivity index (χ1n) is 8.54. The lowest BCUT2D eigenvalue weighted by Crippen LogP contribution is -2.47. The second kappa shape index (κ2) is 8.32. The minimum Gasteiger partial charge on any atom is -0.411 e. The lowest BCUT2D eigenvalue weighted by atomic mass is 10.1. The molecule has 1 aliphatic heterocycles. The summed E-state index contributed by atoms with van der Waals surface area (Å²) in [5.74, 6) is 0. The van der Waals surface area contributed by atoms with Gasteiger partial charge in [-0.15, -0.1) is 0 Å². The quantitative estimate of drug-likeness (QED) is 0.519. The van der Waals surface area contributed by atoms with Gasteiger partial charge in [0.25, 0.3) is 0 Å². The Labute approximate surface area is 148 Å². The molecule has 0 unspecified atom stereocenters. The van der Waals surface area contributed by atoms with Gasteiger partial charge in [0.2, 0.25) is 0 Å². The molecule has 5 heteroatoms. The van der Waals surface area contributed by atoms with Gasteiger partial charge in [0.15, 0.2) is 0 Å². The molecule has 25 heavy (non-hydrogen) atoms. The monoisotopic (exact) mass is 334 g/mol. The molecule has 0 radical (unpaired) electrons. The van der Waals surface area contributed by atoms with E-state index in [-0.39, 0.29) is 0 Å². The summed E-state index contributed by atoms with van der Waals surface area (Å²) in [4.78, 5) is 4.65. The Morgan fingerprint density at radius 3 is 2.36 bits per heavy atom. The number of oxime groups is 1. The van der Waals surface area contributed by atoms with Crippen LogP contribution >= 0.6 is 0 Å². The molecule has 1 saturated heterocycles. The van der Waals surface area contributed by atoms with Crippen molar-refractivity contribution in [1.82, 2.24) is 4.90 Å². The standard InChI is InChI=1S/C20H22N4O/c21-16-18-8-4-5-9-20(18)24-14-12-23(13-15-24)11-10-19(22-25)17-6-2-1-3-7-17/h1-9,25H,10-15H2/b22-19-. The van der Waals surface area contributed by atoms with E-state index in [4.69, 9.17) is 0 Å². The number of piperazine rings is 1. The highest BCUT2D eigenvalue weighted by atomic mass is 16.4. The molecule has 3 rings (SSSR count). The average molecular weight is 334 g/mol. The summed E-state index contributed by atoms with van der Waals surface area (Å²) in [7, 11) is 0. The Bertz CT molecular complexity index is 759. The molecular formula is C20H22N4O. The van der Waals surface area contributed by atoms with Gasteiger partial charge >= 0.3 is 0 Å². The highest BCUT2D eigenvalue weighted by Gasteiger charge is 2.19. The molecule has 1 aliphatic rings. The van der Waals surface area contributed by atoms with Gasteiger partial charge in [-0.05, 0) is 17.7 Å². The molecule has 1 N–H and O–H groups in total. The van der Waals surface area contributed by atoms with Crippen LogP contribution in [0, 0.1) is 11.3 Å². The van der Waals surface area contributed by atoms with Gasteiger partial charge in [-0.3, -0.25) is 4.90 Å². The van der Waals surface area contributed by atoms with Gasteiger partial charge in [0.1, 0.15) is 6.07 Å². The zero-order valence-electron chi connectivity index (χ0n) is 14.2. The number of rotatable bonds is 5. The molecule has 5 nitrogen and oxygen atoms in total. The highest BCUT2D eigenvalue weighted by molar-refractivity contribution is 6.00. The number of benzene rings is 2. The maximum absolute atomic E-state index is 9.29. The highest BCUT2D eigenvalue weighted by Crippen LogP contribution is 2.21. The van der Waals surface area contributed by atoms with Crippen molar-refractivity contribution in [1.29, 1.82) is 5.26 Å². The predicted octanol–water partition coefficient (Wildman–Crippen LogP) is 2.95. The van der Waals surface area contributed by atoms with Crippen LogP contribution in [0.3, 0.4) is 0 Å². The summed E-state index contributed by atoms with van der Waals surface area (Å²) in [6, 6.07) is 19.8. The normalized spacial score (nSPS) is 15.8. The molecule has 0 atom stereocenters. The van der Waals surface area contributed by atoms with Crippen LogP contribution in [0.2, 0.25) is 0 Å². The van der Waals surface area contributed by atoms with E-state index in [1.807, 2.05) is 54.6 Å². The number of nitrogens with zero attached hydrogens (tertiary/aromatic N) is 4. The lowest BCUT2D eigenvalue weighted by Gasteiger charge is -2.36. The van der Waals surface area contributed by atoms with Crippen LogP contribution in [0.15, 0.2) is 59.8 Å². The van der Waals surface area contributed by atoms with Gasteiger partial charge in [-0.25, -0.2) is 0 Å². The minimum absolute atomic E-state index is 0.718. The maximum Gasteiger partial charge on any atom is 0.101 e. The van der Waals surface area contributed by atoms with Crippen LogP contribution in [-0.2, 0) is 0 Å². The molecule has 0 aliphatic carbocycles. The Kier molecular flexibility index (Phi) is 5.65. The van der Waals surface area contributed by atoms with Crippen molar-refractivity contribution in [3.63, 3.8) is 0 Å². The largest absolute Gasteiger partial charge is 0.411 e. The lowest BCUT2D eigenvalue weighted by molar-refractivity contribution is 0.262. The van der Waals surface area contributed by atoms with Gasteiger partial charge in [-0.2, -0.15) is 5.26 Å². The first-order chi connectivity index (χ1) is 12.3. The van der Waals surface area contributed by atoms with E-state index < -0.39 is 0 Å². The Balaban J connectivity index is 1.54. The first-order valence-corrected chi connectivity index (χ1v) is 8.54. The molecule has 0 spiro atoms. The van der Waals surface area contributed by atoms with Gasteiger partial charge < -0.3 is 10.1 Å². The van der Waals surface area contributed by atoms with E-state index in [1.54, 1.807) is 0 Å². The molecule has 0 bridgehead atoms. The summed E-state index contributed by atoms with van der Waals surface area (Å²) in [6.45, 7) is 4.54. The zero-order chi connectivity index (χ0) is 17.5. The topological polar surface area (TPSA) is 62.9 Å². The first kappa shape index (κ1) is 17.0. The van der Waals surface area contributed by atoms with Crippen LogP contribution in [0.25, 0.3) is 0 Å². The van der Waals surface area contributed by atoms with Crippen molar-refractivity contribution in [2.45, 2.75) is 6.42 Å². The molecule has 2 aromatic rings. The third kappa shape index (κ3) is 4.17. The molecule has 0 saturated carbocycles. The Hall–Kier alpha value is -2.84. The van der Waals surface area contributed by atoms with E-state index in [9.17, 15) is 10.5 Å². The van der Waals surface area contributed by atoms with Crippen molar-refractivity contribution in [2.75, 3.05) is 37.6 Å². The summed E-state index contributed by atoms with van der Waals surface area (Å²) >= 11 is 0. The number of anilines is 1. The zero-order valence-corrected chi connectivity index (χ0v) is 14.2. The smallest absolute Gasteiger partial charge is 0.101 e. The van der Waals surface area contributed by atoms with E-state index in [0.717, 1.165) is 61.7 Å². The number of para-hydroxylation sites is 1. The van der Waals surface area contributed by atoms with E-state index in [2.05, 4.69) is 21.0 Å². The fourth-order valence-electron chi connectivity index (χ4n) is 3.20. The number of hydrogen-bond acceptors (Lipinski definition) is 5. The third-order valence-corrected chi connectivity index (χ3v) is 4.63. The van der Waals surface area contributed by atoms with Crippen LogP contribution in [0.5, 0.6) is 0 Å². The van der Waals surface area contributed by atoms with Crippen LogP contribution in [0.4, 0.5) is 5.69 Å². The molecule has 0 amide bonds. The number of nitriles is 1. The molecular weight excluding hydrogens is 312 g/mol. The van der Waals surface area contributed by atoms with Crippen LogP contribution < -0.4 is 4.90 Å². The van der Waals surface area contributed by atoms with Crippen LogP contribution in [0.1, 0.15) is 17.5 Å². The van der Waals surface area contributed by atoms with Crippen molar-refractivity contribution < 1.29 is 5.21 Å². The summed E-state index contributed by atoms with van der Waals surface area (Å²) in [5, 5.41) is 22.0. The Morgan fingerprint density at radius 1 is 1.00 bits per heavy atom. The van der Waals surface area contributed by atoms with Crippen molar-refractivity contribution >= 4 is 11.4 Å². The fraction of sp³-hybridized carbons (Fsp3) is 0.300. The second-order valence-electron chi connectivity index (χ2n) is 6.12. The Morgan fingerprint density at radius 2 is 1.68 bits per heavy atom. The van der Waals surface area contributed by atoms with Crippen LogP contribution in [-0.4, -0.2) is 48.5 Å². The average Bonchev–Trinajstić information content (AvgIpc) is 2.70. The molecule has 1 fully saturated rings. The summed E-state index contributed by atoms with van der Waals surface area (Å²) < 4.78 is 0. The van der Waals surface area contributed by atoms with E-state index >= 15 is 0 Å². The molecule has 128 valence electrons. The second-order valence-corrected chi connectivity index (χ2v) is 6.12. The minimum atomic E-state index is 0.718. The third-order valence-electron chi connectivity index (χ3n) is 4.63. The van der Waals surface area contributed by atoms with Gasteiger partial charge in [-0.1, -0.05) is 47.6 Å². The van der Waals surface area contributed by atoms with E-state index in [1.165, 1.54) is 0 Å². The van der Waals surface area contributed by atoms with E-state index in [0.29, 0.717) is 0 Å². The molecule has 1 heterocycles. The van der Waals surface area contributed by atoms with Crippen molar-refractivity contribution in [3.8, 4) is 6.07 Å². The molecule has 0 aromatic heterocycles. The predicted molar refractivity (Wildman–Crippen MR) is 99.2 cm³/mol. The fourth-order valence-corrected chi connectivity index (χ4v) is 3.20. The number of hydrogen-bond donors (Lipinski definition) is 1. The summed E-state index contributed by atoms with van der Waals surface area (Å²) in [6.07, 6.45) is 0.718. The maximum atomic E-state index is 9.29. The van der Waals surface area contributed by atoms with Gasteiger partial charge in [0, 0.05) is 39.1 Å². The van der Waals surface area contributed by atoms with Gasteiger partial charge in [0.05, 0.1) is 17.0 Å². The summed E-state index contributed by atoms with van der Waals surface area (Å²) in [5.41, 5.74) is 3.44. The van der Waals surface area contributed by atoms with Crippen molar-refractivity contribution in [2.24, 2.45) is 5.16 Å². The molecule has 2 aromatic carbocycles. The van der Waals surface area contributed by atoms with Crippen molar-refractivity contribution in [3.05, 3.63) is 65.7 Å². The SMILES string of the molecule is N#Cc1ccccc1N1CCN(CC/C(=N/O)c2ccccc2)CC1.